The predicted molar refractivity (Wildman–Crippen MR) is 82.5 cm³/mol. The summed E-state index contributed by atoms with van der Waals surface area (Å²) in [5.74, 6) is 0.322. The minimum absolute atomic E-state index is 0.322. The summed E-state index contributed by atoms with van der Waals surface area (Å²) in [5.41, 5.74) is 3.09. The van der Waals surface area contributed by atoms with Crippen molar-refractivity contribution in [1.29, 1.82) is 0 Å². The van der Waals surface area contributed by atoms with E-state index in [-0.39, 0.29) is 0 Å². The molecule has 19 heavy (non-hydrogen) atoms. The molecule has 0 fully saturated rings. The van der Waals surface area contributed by atoms with Crippen LogP contribution in [0, 0.1) is 0 Å². The molecule has 2 aromatic rings. The molecule has 0 aliphatic carbocycles. The molecular weight excluding hydrogens is 232 g/mol. The Bertz CT molecular complexity index is 423. The molecule has 0 spiro atoms. The number of phenols is 1. The highest BCUT2D eigenvalue weighted by atomic mass is 16.3. The lowest BCUT2D eigenvalue weighted by atomic mass is 10.00. The van der Waals surface area contributed by atoms with Crippen molar-refractivity contribution >= 4 is 0 Å². The Hall–Kier alpha value is -1.76. The van der Waals surface area contributed by atoms with Gasteiger partial charge in [-0.05, 0) is 36.1 Å². The van der Waals surface area contributed by atoms with E-state index in [4.69, 9.17) is 5.11 Å². The zero-order valence-corrected chi connectivity index (χ0v) is 12.0. The molecule has 1 heteroatoms. The molecule has 0 radical (unpaired) electrons. The van der Waals surface area contributed by atoms with Crippen LogP contribution < -0.4 is 0 Å². The van der Waals surface area contributed by atoms with Crippen LogP contribution in [0.25, 0.3) is 0 Å². The first kappa shape index (κ1) is 15.3. The van der Waals surface area contributed by atoms with Gasteiger partial charge in [0.15, 0.2) is 0 Å². The predicted octanol–water partition coefficient (Wildman–Crippen LogP) is 4.98. The maximum absolute atomic E-state index is 8.63. The van der Waals surface area contributed by atoms with Gasteiger partial charge in [-0.15, -0.1) is 0 Å². The van der Waals surface area contributed by atoms with Crippen LogP contribution in [0.4, 0.5) is 0 Å². The van der Waals surface area contributed by atoms with Crippen molar-refractivity contribution in [3.63, 3.8) is 0 Å². The second-order valence-electron chi connectivity index (χ2n) is 4.60. The van der Waals surface area contributed by atoms with E-state index in [1.807, 2.05) is 6.07 Å². The Balaban J connectivity index is 0.000000218. The van der Waals surface area contributed by atoms with Gasteiger partial charge in [0.05, 0.1) is 0 Å². The highest BCUT2D eigenvalue weighted by Gasteiger charge is 1.98. The first-order chi connectivity index (χ1) is 9.27. The fraction of sp³-hybridized carbons (Fsp3) is 0.333. The van der Waals surface area contributed by atoms with Gasteiger partial charge in [-0.3, -0.25) is 0 Å². The third-order valence-corrected chi connectivity index (χ3v) is 2.91. The standard InChI is InChI=1S/C12H18.C6H6O/c1-3-7-11-9-5-6-10-12(11)8-4-2;7-6-4-2-1-3-5-6/h5-6,9-10H,3-4,7-8H2,1-2H3;1-5,7H. The lowest BCUT2D eigenvalue weighted by Gasteiger charge is -2.06. The number of para-hydroxylation sites is 1. The second-order valence-corrected chi connectivity index (χ2v) is 4.60. The molecule has 0 heterocycles. The van der Waals surface area contributed by atoms with E-state index in [2.05, 4.69) is 38.1 Å². The van der Waals surface area contributed by atoms with Gasteiger partial charge in [0.1, 0.15) is 5.75 Å². The number of hydrogen-bond donors (Lipinski definition) is 1. The Morgan fingerprint density at radius 3 is 1.42 bits per heavy atom. The summed E-state index contributed by atoms with van der Waals surface area (Å²) < 4.78 is 0. The largest absolute Gasteiger partial charge is 0.508 e. The molecule has 1 nitrogen and oxygen atoms in total. The second kappa shape index (κ2) is 9.21. The Morgan fingerprint density at radius 1 is 0.684 bits per heavy atom. The van der Waals surface area contributed by atoms with Gasteiger partial charge < -0.3 is 5.11 Å². The zero-order chi connectivity index (χ0) is 13.9. The monoisotopic (exact) mass is 256 g/mol. The average Bonchev–Trinajstić information content (AvgIpc) is 2.43. The average molecular weight is 256 g/mol. The van der Waals surface area contributed by atoms with Crippen molar-refractivity contribution in [3.05, 3.63) is 65.7 Å². The quantitative estimate of drug-likeness (QED) is 0.817. The van der Waals surface area contributed by atoms with Crippen molar-refractivity contribution in [1.82, 2.24) is 0 Å². The molecule has 1 N–H and O–H groups in total. The number of aromatic hydroxyl groups is 1. The summed E-state index contributed by atoms with van der Waals surface area (Å²) in [7, 11) is 0. The maximum atomic E-state index is 8.63. The van der Waals surface area contributed by atoms with Gasteiger partial charge in [0, 0.05) is 0 Å². The van der Waals surface area contributed by atoms with E-state index >= 15 is 0 Å². The molecular formula is C18H24O. The van der Waals surface area contributed by atoms with E-state index in [1.165, 1.54) is 25.7 Å². The van der Waals surface area contributed by atoms with Crippen LogP contribution in [0.1, 0.15) is 37.8 Å². The SMILES string of the molecule is CCCc1ccccc1CCC.Oc1ccccc1. The van der Waals surface area contributed by atoms with Crippen LogP contribution >= 0.6 is 0 Å². The topological polar surface area (TPSA) is 20.2 Å². The van der Waals surface area contributed by atoms with E-state index in [0.29, 0.717) is 5.75 Å². The minimum Gasteiger partial charge on any atom is -0.508 e. The summed E-state index contributed by atoms with van der Waals surface area (Å²) >= 11 is 0. The van der Waals surface area contributed by atoms with Crippen LogP contribution in [0.15, 0.2) is 54.6 Å². The van der Waals surface area contributed by atoms with Gasteiger partial charge >= 0.3 is 0 Å². The number of benzene rings is 2. The first-order valence-corrected chi connectivity index (χ1v) is 7.08. The van der Waals surface area contributed by atoms with Crippen LogP contribution in [-0.2, 0) is 12.8 Å². The van der Waals surface area contributed by atoms with Crippen LogP contribution in [-0.4, -0.2) is 5.11 Å². The van der Waals surface area contributed by atoms with Gasteiger partial charge in [0.2, 0.25) is 0 Å². The molecule has 0 amide bonds. The van der Waals surface area contributed by atoms with Crippen molar-refractivity contribution in [3.8, 4) is 5.75 Å². The highest BCUT2D eigenvalue weighted by molar-refractivity contribution is 5.27. The Labute approximate surface area is 116 Å². The van der Waals surface area contributed by atoms with E-state index in [9.17, 15) is 0 Å². The fourth-order valence-electron chi connectivity index (χ4n) is 2.01. The molecule has 0 bridgehead atoms. The lowest BCUT2D eigenvalue weighted by Crippen LogP contribution is -1.92. The Kier molecular flexibility index (Phi) is 7.41. The first-order valence-electron chi connectivity index (χ1n) is 7.08. The van der Waals surface area contributed by atoms with Crippen molar-refractivity contribution in [2.24, 2.45) is 0 Å². The van der Waals surface area contributed by atoms with Gasteiger partial charge in [-0.2, -0.15) is 0 Å². The van der Waals surface area contributed by atoms with E-state index < -0.39 is 0 Å². The van der Waals surface area contributed by atoms with Gasteiger partial charge in [-0.1, -0.05) is 69.2 Å². The van der Waals surface area contributed by atoms with Gasteiger partial charge in [-0.25, -0.2) is 0 Å². The van der Waals surface area contributed by atoms with Gasteiger partial charge in [0.25, 0.3) is 0 Å². The summed E-state index contributed by atoms with van der Waals surface area (Å²) in [4.78, 5) is 0. The molecule has 102 valence electrons. The third kappa shape index (κ3) is 6.10. The van der Waals surface area contributed by atoms with Crippen LogP contribution in [0.5, 0.6) is 5.75 Å². The molecule has 0 atom stereocenters. The van der Waals surface area contributed by atoms with E-state index in [1.54, 1.807) is 35.4 Å². The molecule has 0 unspecified atom stereocenters. The highest BCUT2D eigenvalue weighted by Crippen LogP contribution is 2.12. The maximum Gasteiger partial charge on any atom is 0.115 e. The molecule has 0 aromatic heterocycles. The smallest absolute Gasteiger partial charge is 0.115 e. The molecule has 0 aliphatic heterocycles. The zero-order valence-electron chi connectivity index (χ0n) is 12.0. The minimum atomic E-state index is 0.322. The summed E-state index contributed by atoms with van der Waals surface area (Å²) in [5, 5.41) is 8.63. The lowest BCUT2D eigenvalue weighted by molar-refractivity contribution is 0.475. The molecule has 2 rings (SSSR count). The van der Waals surface area contributed by atoms with Crippen molar-refractivity contribution < 1.29 is 5.11 Å². The number of phenolic OH excluding ortho intramolecular Hbond substituents is 1. The van der Waals surface area contributed by atoms with Crippen molar-refractivity contribution in [2.45, 2.75) is 39.5 Å². The summed E-state index contributed by atoms with van der Waals surface area (Å²) in [6.07, 6.45) is 4.97. The number of aryl methyl sites for hydroxylation is 2. The Morgan fingerprint density at radius 2 is 1.11 bits per heavy atom. The molecule has 0 saturated heterocycles. The fourth-order valence-corrected chi connectivity index (χ4v) is 2.01. The molecule has 0 aliphatic rings. The number of rotatable bonds is 4. The summed E-state index contributed by atoms with van der Waals surface area (Å²) in [6.45, 7) is 4.48. The van der Waals surface area contributed by atoms with Crippen molar-refractivity contribution in [2.75, 3.05) is 0 Å². The molecule has 2 aromatic carbocycles. The van der Waals surface area contributed by atoms with E-state index in [0.717, 1.165) is 0 Å². The van der Waals surface area contributed by atoms with Crippen LogP contribution in [0.3, 0.4) is 0 Å². The van der Waals surface area contributed by atoms with Crippen LogP contribution in [0.2, 0.25) is 0 Å². The molecule has 0 saturated carbocycles. The normalized spacial score (nSPS) is 9.58. The third-order valence-electron chi connectivity index (χ3n) is 2.91. The number of hydrogen-bond acceptors (Lipinski definition) is 1. The summed E-state index contributed by atoms with van der Waals surface area (Å²) in [6, 6.07) is 17.5.